The summed E-state index contributed by atoms with van der Waals surface area (Å²) >= 11 is 0. The largest absolute Gasteiger partial charge is 0.0654 e. The average molecular weight is 178 g/mol. The monoisotopic (exact) mass is 178 g/mol. The quantitative estimate of drug-likeness (QED) is 0.599. The maximum atomic E-state index is 2.37. The Morgan fingerprint density at radius 3 is 1.77 bits per heavy atom. The summed E-state index contributed by atoms with van der Waals surface area (Å²) in [5, 5.41) is 0. The van der Waals surface area contributed by atoms with Crippen LogP contribution in [0.2, 0.25) is 0 Å². The lowest BCUT2D eigenvalue weighted by Gasteiger charge is -2.57. The molecule has 74 valence electrons. The Morgan fingerprint density at radius 2 is 1.38 bits per heavy atom. The molecule has 0 heterocycles. The molecule has 0 nitrogen and oxygen atoms in total. The normalized spacial score (nSPS) is 52.8. The minimum absolute atomic E-state index is 0.851. The fourth-order valence-electron chi connectivity index (χ4n) is 5.13. The van der Waals surface area contributed by atoms with Crippen LogP contribution in [0, 0.1) is 23.2 Å². The van der Waals surface area contributed by atoms with Gasteiger partial charge in [-0.1, -0.05) is 13.3 Å². The summed E-state index contributed by atoms with van der Waals surface area (Å²) in [5.41, 5.74) is 0.851. The van der Waals surface area contributed by atoms with E-state index < -0.39 is 0 Å². The summed E-state index contributed by atoms with van der Waals surface area (Å²) < 4.78 is 0. The van der Waals surface area contributed by atoms with Crippen LogP contribution in [-0.4, -0.2) is 0 Å². The van der Waals surface area contributed by atoms with Crippen molar-refractivity contribution in [2.24, 2.45) is 23.2 Å². The van der Waals surface area contributed by atoms with E-state index in [0.717, 1.165) is 23.2 Å². The Kier molecular flexibility index (Phi) is 1.76. The van der Waals surface area contributed by atoms with Crippen LogP contribution in [0.5, 0.6) is 0 Å². The molecule has 0 aliphatic heterocycles. The van der Waals surface area contributed by atoms with E-state index in [4.69, 9.17) is 0 Å². The van der Waals surface area contributed by atoms with Crippen LogP contribution in [0.3, 0.4) is 0 Å². The molecule has 0 amide bonds. The van der Waals surface area contributed by atoms with E-state index in [2.05, 4.69) is 6.92 Å². The van der Waals surface area contributed by atoms with Gasteiger partial charge in [0.15, 0.2) is 0 Å². The van der Waals surface area contributed by atoms with Crippen LogP contribution in [0.4, 0.5) is 0 Å². The fourth-order valence-corrected chi connectivity index (χ4v) is 5.13. The van der Waals surface area contributed by atoms with Crippen molar-refractivity contribution in [3.8, 4) is 0 Å². The minimum Gasteiger partial charge on any atom is -0.0654 e. The van der Waals surface area contributed by atoms with E-state index in [1.54, 1.807) is 38.5 Å². The van der Waals surface area contributed by atoms with Gasteiger partial charge in [0.2, 0.25) is 0 Å². The van der Waals surface area contributed by atoms with Crippen molar-refractivity contribution in [2.75, 3.05) is 0 Å². The standard InChI is InChI=1S/C13H22/c1-2-3-13-7-10-4-11(8-13)6-12(5-10)9-13/h10-12H,2-9H2,1H3. The lowest BCUT2D eigenvalue weighted by atomic mass is 9.49. The van der Waals surface area contributed by atoms with Gasteiger partial charge in [-0.3, -0.25) is 0 Å². The highest BCUT2D eigenvalue weighted by molar-refractivity contribution is 5.00. The third-order valence-corrected chi connectivity index (χ3v) is 4.95. The van der Waals surface area contributed by atoms with E-state index >= 15 is 0 Å². The molecule has 4 aliphatic rings. The molecule has 0 saturated heterocycles. The predicted octanol–water partition coefficient (Wildman–Crippen LogP) is 4.00. The van der Waals surface area contributed by atoms with Crippen LogP contribution in [0.1, 0.15) is 58.3 Å². The van der Waals surface area contributed by atoms with Crippen molar-refractivity contribution in [1.82, 2.24) is 0 Å². The summed E-state index contributed by atoms with van der Waals surface area (Å²) in [4.78, 5) is 0. The zero-order valence-corrected chi connectivity index (χ0v) is 8.89. The summed E-state index contributed by atoms with van der Waals surface area (Å²) in [6.45, 7) is 2.37. The van der Waals surface area contributed by atoms with Crippen molar-refractivity contribution in [3.05, 3.63) is 0 Å². The summed E-state index contributed by atoms with van der Waals surface area (Å²) in [5.74, 6) is 3.45. The molecule has 4 rings (SSSR count). The summed E-state index contributed by atoms with van der Waals surface area (Å²) in [6.07, 6.45) is 12.6. The molecule has 0 aromatic rings. The van der Waals surface area contributed by atoms with E-state index in [1.807, 2.05) is 0 Å². The predicted molar refractivity (Wildman–Crippen MR) is 55.5 cm³/mol. The first-order valence-electron chi connectivity index (χ1n) is 6.30. The van der Waals surface area contributed by atoms with Gasteiger partial charge in [0.05, 0.1) is 0 Å². The highest BCUT2D eigenvalue weighted by atomic mass is 14.5. The lowest BCUT2D eigenvalue weighted by Crippen LogP contribution is -2.45. The molecule has 0 aromatic heterocycles. The maximum absolute atomic E-state index is 2.37. The van der Waals surface area contributed by atoms with Gasteiger partial charge >= 0.3 is 0 Å². The van der Waals surface area contributed by atoms with E-state index in [1.165, 1.54) is 12.8 Å². The van der Waals surface area contributed by atoms with Gasteiger partial charge < -0.3 is 0 Å². The molecule has 4 saturated carbocycles. The van der Waals surface area contributed by atoms with E-state index in [0.29, 0.717) is 0 Å². The van der Waals surface area contributed by atoms with E-state index in [9.17, 15) is 0 Å². The zero-order valence-electron chi connectivity index (χ0n) is 8.89. The Labute approximate surface area is 82.1 Å². The third-order valence-electron chi connectivity index (χ3n) is 4.95. The Hall–Kier alpha value is 0. The van der Waals surface area contributed by atoms with Crippen LogP contribution >= 0.6 is 0 Å². The Balaban J connectivity index is 1.83. The average Bonchev–Trinajstić information content (AvgIpc) is 2.00. The number of hydrogen-bond donors (Lipinski definition) is 0. The van der Waals surface area contributed by atoms with Crippen molar-refractivity contribution in [2.45, 2.75) is 58.3 Å². The second-order valence-corrected chi connectivity index (χ2v) is 6.17. The van der Waals surface area contributed by atoms with Crippen LogP contribution in [-0.2, 0) is 0 Å². The highest BCUT2D eigenvalue weighted by Crippen LogP contribution is 2.61. The molecule has 0 heteroatoms. The van der Waals surface area contributed by atoms with Gasteiger partial charge in [-0.15, -0.1) is 0 Å². The fraction of sp³-hybridized carbons (Fsp3) is 1.00. The number of rotatable bonds is 2. The summed E-state index contributed by atoms with van der Waals surface area (Å²) in [7, 11) is 0. The Bertz CT molecular complexity index is 169. The molecule has 4 aliphatic carbocycles. The molecule has 0 N–H and O–H groups in total. The molecule has 4 fully saturated rings. The SMILES string of the molecule is CCCC12CC3CC(CC(C3)C1)C2. The first-order chi connectivity index (χ1) is 6.30. The molecular weight excluding hydrogens is 156 g/mol. The van der Waals surface area contributed by atoms with Gasteiger partial charge in [0.1, 0.15) is 0 Å². The lowest BCUT2D eigenvalue weighted by molar-refractivity contribution is -0.0574. The van der Waals surface area contributed by atoms with Crippen molar-refractivity contribution in [3.63, 3.8) is 0 Å². The van der Waals surface area contributed by atoms with E-state index in [-0.39, 0.29) is 0 Å². The van der Waals surface area contributed by atoms with Crippen molar-refractivity contribution in [1.29, 1.82) is 0 Å². The van der Waals surface area contributed by atoms with Gasteiger partial charge in [0.25, 0.3) is 0 Å². The van der Waals surface area contributed by atoms with Gasteiger partial charge in [-0.2, -0.15) is 0 Å². The molecule has 4 bridgehead atoms. The summed E-state index contributed by atoms with van der Waals surface area (Å²) in [6, 6.07) is 0. The van der Waals surface area contributed by atoms with Gasteiger partial charge in [-0.25, -0.2) is 0 Å². The molecule has 13 heavy (non-hydrogen) atoms. The molecule has 0 aromatic carbocycles. The second kappa shape index (κ2) is 2.74. The van der Waals surface area contributed by atoms with Gasteiger partial charge in [-0.05, 0) is 68.1 Å². The highest BCUT2D eigenvalue weighted by Gasteiger charge is 2.49. The van der Waals surface area contributed by atoms with Crippen molar-refractivity contribution < 1.29 is 0 Å². The first kappa shape index (κ1) is 8.32. The first-order valence-corrected chi connectivity index (χ1v) is 6.30. The van der Waals surface area contributed by atoms with Crippen LogP contribution < -0.4 is 0 Å². The molecule has 0 radical (unpaired) electrons. The molecule has 0 unspecified atom stereocenters. The van der Waals surface area contributed by atoms with Crippen molar-refractivity contribution >= 4 is 0 Å². The minimum atomic E-state index is 0.851. The van der Waals surface area contributed by atoms with Gasteiger partial charge in [0, 0.05) is 0 Å². The topological polar surface area (TPSA) is 0 Å². The molecule has 0 spiro atoms. The Morgan fingerprint density at radius 1 is 0.923 bits per heavy atom. The third kappa shape index (κ3) is 1.25. The molecule has 0 atom stereocenters. The molecular formula is C13H22. The van der Waals surface area contributed by atoms with Crippen LogP contribution in [0.15, 0.2) is 0 Å². The maximum Gasteiger partial charge on any atom is -0.0290 e. The smallest absolute Gasteiger partial charge is 0.0290 e. The zero-order chi connectivity index (χ0) is 8.89. The van der Waals surface area contributed by atoms with Crippen LogP contribution in [0.25, 0.3) is 0 Å². The second-order valence-electron chi connectivity index (χ2n) is 6.17. The number of hydrogen-bond acceptors (Lipinski definition) is 0.